The smallest absolute Gasteiger partial charge is 0.0497 e. The first-order valence-electron chi connectivity index (χ1n) is 5.32. The van der Waals surface area contributed by atoms with E-state index in [1.807, 2.05) is 0 Å². The maximum absolute atomic E-state index is 9.22. The van der Waals surface area contributed by atoms with Gasteiger partial charge in [0.1, 0.15) is 0 Å². The second-order valence-electron chi connectivity index (χ2n) is 4.16. The lowest BCUT2D eigenvalue weighted by atomic mass is 9.94. The summed E-state index contributed by atoms with van der Waals surface area (Å²) in [5, 5.41) is 11.7. The summed E-state index contributed by atoms with van der Waals surface area (Å²) in [6.07, 6.45) is 0. The van der Waals surface area contributed by atoms with E-state index in [0.717, 1.165) is 0 Å². The summed E-state index contributed by atoms with van der Waals surface area (Å²) in [6, 6.07) is 12.7. The van der Waals surface area contributed by atoms with Crippen LogP contribution in [0.5, 0.6) is 0 Å². The Labute approximate surface area is 90.4 Å². The van der Waals surface area contributed by atoms with Gasteiger partial charge in [-0.1, -0.05) is 48.9 Å². The maximum Gasteiger partial charge on any atom is 0.0497 e. The lowest BCUT2D eigenvalue weighted by Crippen LogP contribution is -1.99. The van der Waals surface area contributed by atoms with Crippen LogP contribution in [0, 0.1) is 6.92 Å². The zero-order valence-corrected chi connectivity index (χ0v) is 9.20. The van der Waals surface area contributed by atoms with Gasteiger partial charge in [0, 0.05) is 12.5 Å². The Bertz CT molecular complexity index is 474. The third-order valence-corrected chi connectivity index (χ3v) is 2.88. The first kappa shape index (κ1) is 10.2. The molecule has 0 aliphatic heterocycles. The number of aryl methyl sites for hydroxylation is 1. The van der Waals surface area contributed by atoms with E-state index in [1.54, 1.807) is 0 Å². The summed E-state index contributed by atoms with van der Waals surface area (Å²) in [5.41, 5.74) is 2.50. The average molecular weight is 200 g/mol. The number of hydrogen-bond acceptors (Lipinski definition) is 1. The van der Waals surface area contributed by atoms with Crippen molar-refractivity contribution in [3.63, 3.8) is 0 Å². The van der Waals surface area contributed by atoms with Gasteiger partial charge in [-0.25, -0.2) is 0 Å². The van der Waals surface area contributed by atoms with Crippen molar-refractivity contribution >= 4 is 10.8 Å². The SMILES string of the molecule is Cc1ccc2cccc(C(C)CO)c2c1. The van der Waals surface area contributed by atoms with Gasteiger partial charge < -0.3 is 5.11 Å². The molecular formula is C14H16O. The molecule has 78 valence electrons. The molecular weight excluding hydrogens is 184 g/mol. The molecule has 2 aromatic rings. The molecule has 0 aliphatic carbocycles. The molecule has 0 spiro atoms. The third-order valence-electron chi connectivity index (χ3n) is 2.88. The van der Waals surface area contributed by atoms with Crippen LogP contribution in [0.1, 0.15) is 24.0 Å². The van der Waals surface area contributed by atoms with Crippen LogP contribution in [0.3, 0.4) is 0 Å². The molecule has 1 nitrogen and oxygen atoms in total. The summed E-state index contributed by atoms with van der Waals surface area (Å²) in [7, 11) is 0. The zero-order chi connectivity index (χ0) is 10.8. The quantitative estimate of drug-likeness (QED) is 0.789. The van der Waals surface area contributed by atoms with Gasteiger partial charge in [0.15, 0.2) is 0 Å². The topological polar surface area (TPSA) is 20.2 Å². The molecule has 0 heterocycles. The van der Waals surface area contributed by atoms with Crippen LogP contribution in [-0.2, 0) is 0 Å². The van der Waals surface area contributed by atoms with Gasteiger partial charge in [0.2, 0.25) is 0 Å². The Morgan fingerprint density at radius 3 is 2.73 bits per heavy atom. The Balaban J connectivity index is 2.68. The van der Waals surface area contributed by atoms with Crippen molar-refractivity contribution in [3.8, 4) is 0 Å². The second kappa shape index (κ2) is 4.03. The normalized spacial score (nSPS) is 13.0. The van der Waals surface area contributed by atoms with E-state index in [9.17, 15) is 5.11 Å². The predicted molar refractivity (Wildman–Crippen MR) is 64.2 cm³/mol. The Kier molecular flexibility index (Phi) is 2.74. The molecule has 0 bridgehead atoms. The number of hydrogen-bond donors (Lipinski definition) is 1. The van der Waals surface area contributed by atoms with Crippen molar-refractivity contribution in [2.45, 2.75) is 19.8 Å². The van der Waals surface area contributed by atoms with Crippen molar-refractivity contribution in [2.24, 2.45) is 0 Å². The molecule has 0 aliphatic rings. The molecule has 0 saturated heterocycles. The lowest BCUT2D eigenvalue weighted by Gasteiger charge is -2.12. The van der Waals surface area contributed by atoms with E-state index >= 15 is 0 Å². The standard InChI is InChI=1S/C14H16O/c1-10-6-7-12-4-3-5-13(11(2)9-15)14(12)8-10/h3-8,11,15H,9H2,1-2H3. The number of aliphatic hydroxyl groups excluding tert-OH is 1. The second-order valence-corrected chi connectivity index (χ2v) is 4.16. The number of rotatable bonds is 2. The third kappa shape index (κ3) is 1.88. The van der Waals surface area contributed by atoms with Gasteiger partial charge in [-0.15, -0.1) is 0 Å². The molecule has 2 rings (SSSR count). The summed E-state index contributed by atoms with van der Waals surface area (Å²) in [6.45, 7) is 4.35. The average Bonchev–Trinajstić information content (AvgIpc) is 2.27. The van der Waals surface area contributed by atoms with Crippen LogP contribution in [0.4, 0.5) is 0 Å². The predicted octanol–water partition coefficient (Wildman–Crippen LogP) is 3.24. The molecule has 1 unspecified atom stereocenters. The van der Waals surface area contributed by atoms with E-state index in [0.29, 0.717) is 0 Å². The van der Waals surface area contributed by atoms with Crippen molar-refractivity contribution < 1.29 is 5.11 Å². The fourth-order valence-corrected chi connectivity index (χ4v) is 1.94. The molecule has 15 heavy (non-hydrogen) atoms. The minimum absolute atomic E-state index is 0.201. The van der Waals surface area contributed by atoms with Crippen LogP contribution < -0.4 is 0 Å². The first-order valence-corrected chi connectivity index (χ1v) is 5.32. The van der Waals surface area contributed by atoms with Crippen molar-refractivity contribution in [3.05, 3.63) is 47.5 Å². The fraction of sp³-hybridized carbons (Fsp3) is 0.286. The van der Waals surface area contributed by atoms with Gasteiger partial charge in [-0.2, -0.15) is 0 Å². The molecule has 0 saturated carbocycles. The van der Waals surface area contributed by atoms with E-state index in [-0.39, 0.29) is 12.5 Å². The van der Waals surface area contributed by atoms with Gasteiger partial charge in [0.05, 0.1) is 0 Å². The number of fused-ring (bicyclic) bond motifs is 1. The highest BCUT2D eigenvalue weighted by molar-refractivity contribution is 5.86. The van der Waals surface area contributed by atoms with Crippen LogP contribution >= 0.6 is 0 Å². The molecule has 0 amide bonds. The Morgan fingerprint density at radius 2 is 2.00 bits per heavy atom. The largest absolute Gasteiger partial charge is 0.396 e. The molecule has 0 fully saturated rings. The summed E-state index contributed by atoms with van der Waals surface area (Å²) in [5.74, 6) is 0.204. The summed E-state index contributed by atoms with van der Waals surface area (Å²) in [4.78, 5) is 0. The Hall–Kier alpha value is -1.34. The van der Waals surface area contributed by atoms with Crippen molar-refractivity contribution in [1.29, 1.82) is 0 Å². The van der Waals surface area contributed by atoms with E-state index in [2.05, 4.69) is 50.2 Å². The van der Waals surface area contributed by atoms with Crippen LogP contribution in [0.25, 0.3) is 10.8 Å². The van der Waals surface area contributed by atoms with Crippen LogP contribution in [0.2, 0.25) is 0 Å². The van der Waals surface area contributed by atoms with Gasteiger partial charge >= 0.3 is 0 Å². The number of benzene rings is 2. The molecule has 1 heteroatoms. The maximum atomic E-state index is 9.22. The van der Waals surface area contributed by atoms with E-state index < -0.39 is 0 Å². The molecule has 0 aromatic heterocycles. The molecule has 2 aromatic carbocycles. The van der Waals surface area contributed by atoms with Gasteiger partial charge in [-0.05, 0) is 23.3 Å². The zero-order valence-electron chi connectivity index (χ0n) is 9.20. The van der Waals surface area contributed by atoms with Crippen molar-refractivity contribution in [1.82, 2.24) is 0 Å². The highest BCUT2D eigenvalue weighted by atomic mass is 16.3. The van der Waals surface area contributed by atoms with Crippen LogP contribution in [0.15, 0.2) is 36.4 Å². The molecule has 1 N–H and O–H groups in total. The highest BCUT2D eigenvalue weighted by Crippen LogP contribution is 2.26. The van der Waals surface area contributed by atoms with Gasteiger partial charge in [0.25, 0.3) is 0 Å². The minimum Gasteiger partial charge on any atom is -0.396 e. The lowest BCUT2D eigenvalue weighted by molar-refractivity contribution is 0.273. The summed E-state index contributed by atoms with van der Waals surface area (Å²) < 4.78 is 0. The van der Waals surface area contributed by atoms with Gasteiger partial charge in [-0.3, -0.25) is 0 Å². The van der Waals surface area contributed by atoms with E-state index in [1.165, 1.54) is 21.9 Å². The van der Waals surface area contributed by atoms with Crippen LogP contribution in [-0.4, -0.2) is 11.7 Å². The first-order chi connectivity index (χ1) is 7.22. The monoisotopic (exact) mass is 200 g/mol. The molecule has 1 atom stereocenters. The number of aliphatic hydroxyl groups is 1. The Morgan fingerprint density at radius 1 is 1.20 bits per heavy atom. The minimum atomic E-state index is 0.201. The molecule has 0 radical (unpaired) electrons. The fourth-order valence-electron chi connectivity index (χ4n) is 1.94. The van der Waals surface area contributed by atoms with E-state index in [4.69, 9.17) is 0 Å². The van der Waals surface area contributed by atoms with Crippen molar-refractivity contribution in [2.75, 3.05) is 6.61 Å². The highest BCUT2D eigenvalue weighted by Gasteiger charge is 2.07. The summed E-state index contributed by atoms with van der Waals surface area (Å²) >= 11 is 0.